The number of hydrogen-bond donors (Lipinski definition) is 1. The molecular weight excluding hydrogens is 285 g/mol. The van der Waals surface area contributed by atoms with Crippen LogP contribution in [0.15, 0.2) is 24.3 Å². The Morgan fingerprint density at radius 2 is 1.90 bits per heavy atom. The summed E-state index contributed by atoms with van der Waals surface area (Å²) in [6, 6.07) is 4.17. The average molecular weight is 302 g/mol. The summed E-state index contributed by atoms with van der Waals surface area (Å²) < 4.78 is 43.4. The Morgan fingerprint density at radius 1 is 1.29 bits per heavy atom. The van der Waals surface area contributed by atoms with Crippen molar-refractivity contribution in [2.75, 3.05) is 18.4 Å². The highest BCUT2D eigenvalue weighted by Gasteiger charge is 2.31. The van der Waals surface area contributed by atoms with Gasteiger partial charge in [-0.2, -0.15) is 13.2 Å². The van der Waals surface area contributed by atoms with Crippen molar-refractivity contribution in [3.63, 3.8) is 0 Å². The molecular formula is C14H17F3N2O2. The normalized spacial score (nSPS) is 23.0. The van der Waals surface area contributed by atoms with Crippen molar-refractivity contribution >= 4 is 11.7 Å². The lowest BCUT2D eigenvalue weighted by molar-refractivity contribution is -0.137. The summed E-state index contributed by atoms with van der Waals surface area (Å²) in [5.74, 6) is 0. The number of nitrogens with zero attached hydrogens (tertiary/aromatic N) is 1. The maximum Gasteiger partial charge on any atom is 0.416 e. The van der Waals surface area contributed by atoms with Crippen LogP contribution in [-0.2, 0) is 10.9 Å². The Labute approximate surface area is 120 Å². The number of halogens is 3. The fourth-order valence-corrected chi connectivity index (χ4v) is 2.32. The van der Waals surface area contributed by atoms with Gasteiger partial charge in [-0.05, 0) is 32.0 Å². The molecule has 0 spiro atoms. The monoisotopic (exact) mass is 302 g/mol. The van der Waals surface area contributed by atoms with Crippen LogP contribution in [0.25, 0.3) is 0 Å². The first-order chi connectivity index (χ1) is 9.75. The molecule has 1 aromatic carbocycles. The fourth-order valence-electron chi connectivity index (χ4n) is 2.32. The first-order valence-corrected chi connectivity index (χ1v) is 6.64. The second-order valence-electron chi connectivity index (χ2n) is 5.17. The van der Waals surface area contributed by atoms with Crippen molar-refractivity contribution in [2.45, 2.75) is 32.2 Å². The number of urea groups is 1. The molecule has 2 atom stereocenters. The molecule has 1 fully saturated rings. The third-order valence-corrected chi connectivity index (χ3v) is 3.15. The van der Waals surface area contributed by atoms with Gasteiger partial charge in [0.05, 0.1) is 17.8 Å². The lowest BCUT2D eigenvalue weighted by Crippen LogP contribution is -2.49. The highest BCUT2D eigenvalue weighted by Crippen LogP contribution is 2.30. The number of rotatable bonds is 1. The van der Waals surface area contributed by atoms with E-state index in [4.69, 9.17) is 4.74 Å². The van der Waals surface area contributed by atoms with Gasteiger partial charge in [-0.25, -0.2) is 4.79 Å². The molecule has 0 saturated carbocycles. The standard InChI is InChI=1S/C14H17F3N2O2/c1-9-7-19(8-10(2)21-9)13(20)18-12-5-3-4-11(6-12)14(15,16)17/h3-6,9-10H,7-8H2,1-2H3,(H,18,20)/t9-,10-/m1/s1. The number of benzene rings is 1. The SMILES string of the molecule is C[C@@H]1CN(C(=O)Nc2cccc(C(F)(F)F)c2)C[C@@H](C)O1. The first kappa shape index (κ1) is 15.6. The molecule has 0 radical (unpaired) electrons. The molecule has 116 valence electrons. The quantitative estimate of drug-likeness (QED) is 0.864. The molecule has 2 rings (SSSR count). The first-order valence-electron chi connectivity index (χ1n) is 6.64. The van der Waals surface area contributed by atoms with Gasteiger partial charge >= 0.3 is 12.2 Å². The number of anilines is 1. The van der Waals surface area contributed by atoms with Crippen LogP contribution in [0.4, 0.5) is 23.7 Å². The Balaban J connectivity index is 2.06. The number of morpholine rings is 1. The Morgan fingerprint density at radius 3 is 2.48 bits per heavy atom. The predicted molar refractivity (Wildman–Crippen MR) is 72.0 cm³/mol. The largest absolute Gasteiger partial charge is 0.416 e. The maximum absolute atomic E-state index is 12.6. The van der Waals surface area contributed by atoms with Gasteiger partial charge < -0.3 is 15.0 Å². The Hall–Kier alpha value is -1.76. The number of nitrogens with one attached hydrogen (secondary N) is 1. The molecule has 1 heterocycles. The zero-order valence-electron chi connectivity index (χ0n) is 11.8. The Bertz CT molecular complexity index is 509. The van der Waals surface area contributed by atoms with E-state index in [0.29, 0.717) is 13.1 Å². The van der Waals surface area contributed by atoms with E-state index in [-0.39, 0.29) is 17.9 Å². The van der Waals surface area contributed by atoms with E-state index in [1.54, 1.807) is 4.90 Å². The minimum absolute atomic E-state index is 0.0963. The van der Waals surface area contributed by atoms with Crippen LogP contribution < -0.4 is 5.32 Å². The average Bonchev–Trinajstić information content (AvgIpc) is 2.37. The van der Waals surface area contributed by atoms with Crippen LogP contribution in [0.3, 0.4) is 0 Å². The zero-order chi connectivity index (χ0) is 15.6. The Kier molecular flexibility index (Phi) is 4.41. The zero-order valence-corrected chi connectivity index (χ0v) is 11.8. The highest BCUT2D eigenvalue weighted by atomic mass is 19.4. The minimum Gasteiger partial charge on any atom is -0.372 e. The maximum atomic E-state index is 12.6. The van der Waals surface area contributed by atoms with Crippen molar-refractivity contribution in [2.24, 2.45) is 0 Å². The van der Waals surface area contributed by atoms with E-state index < -0.39 is 17.8 Å². The molecule has 1 aromatic rings. The molecule has 1 saturated heterocycles. The molecule has 0 unspecified atom stereocenters. The van der Waals surface area contributed by atoms with Crippen molar-refractivity contribution in [1.29, 1.82) is 0 Å². The minimum atomic E-state index is -4.43. The fraction of sp³-hybridized carbons (Fsp3) is 0.500. The van der Waals surface area contributed by atoms with Crippen LogP contribution in [0.2, 0.25) is 0 Å². The molecule has 0 aromatic heterocycles. The van der Waals surface area contributed by atoms with Gasteiger partial charge in [0.25, 0.3) is 0 Å². The molecule has 0 bridgehead atoms. The summed E-state index contributed by atoms with van der Waals surface area (Å²) in [5, 5.41) is 2.50. The van der Waals surface area contributed by atoms with E-state index in [2.05, 4.69) is 5.32 Å². The molecule has 0 aliphatic carbocycles. The third-order valence-electron chi connectivity index (χ3n) is 3.15. The van der Waals surface area contributed by atoms with Gasteiger partial charge in [-0.1, -0.05) is 6.07 Å². The topological polar surface area (TPSA) is 41.6 Å². The van der Waals surface area contributed by atoms with Crippen LogP contribution in [-0.4, -0.2) is 36.2 Å². The number of hydrogen-bond acceptors (Lipinski definition) is 2. The predicted octanol–water partition coefficient (Wildman–Crippen LogP) is 3.35. The number of carbonyl (C=O) groups is 1. The van der Waals surface area contributed by atoms with Gasteiger partial charge in [-0.3, -0.25) is 0 Å². The van der Waals surface area contributed by atoms with E-state index >= 15 is 0 Å². The summed E-state index contributed by atoms with van der Waals surface area (Å²) in [7, 11) is 0. The highest BCUT2D eigenvalue weighted by molar-refractivity contribution is 5.89. The molecule has 21 heavy (non-hydrogen) atoms. The van der Waals surface area contributed by atoms with Crippen LogP contribution in [0.1, 0.15) is 19.4 Å². The molecule has 2 amide bonds. The summed E-state index contributed by atoms with van der Waals surface area (Å²) >= 11 is 0. The van der Waals surface area contributed by atoms with Gasteiger partial charge in [0.1, 0.15) is 0 Å². The van der Waals surface area contributed by atoms with Crippen molar-refractivity contribution < 1.29 is 22.7 Å². The number of amides is 2. The van der Waals surface area contributed by atoms with Gasteiger partial charge in [0.15, 0.2) is 0 Å². The van der Waals surface area contributed by atoms with E-state index in [9.17, 15) is 18.0 Å². The summed E-state index contributed by atoms with van der Waals surface area (Å²) in [6.45, 7) is 4.52. The van der Waals surface area contributed by atoms with Gasteiger partial charge in [0.2, 0.25) is 0 Å². The van der Waals surface area contributed by atoms with E-state index in [1.165, 1.54) is 12.1 Å². The molecule has 7 heteroatoms. The van der Waals surface area contributed by atoms with Crippen LogP contribution in [0.5, 0.6) is 0 Å². The number of carbonyl (C=O) groups excluding carboxylic acids is 1. The van der Waals surface area contributed by atoms with Crippen molar-refractivity contribution in [3.8, 4) is 0 Å². The van der Waals surface area contributed by atoms with E-state index in [1.807, 2.05) is 13.8 Å². The second kappa shape index (κ2) is 5.93. The lowest BCUT2D eigenvalue weighted by Gasteiger charge is -2.35. The summed E-state index contributed by atoms with van der Waals surface area (Å²) in [5.41, 5.74) is -0.661. The third kappa shape index (κ3) is 4.10. The summed E-state index contributed by atoms with van der Waals surface area (Å²) in [4.78, 5) is 13.6. The molecule has 1 aliphatic heterocycles. The smallest absolute Gasteiger partial charge is 0.372 e. The number of alkyl halides is 3. The summed E-state index contributed by atoms with van der Waals surface area (Å²) in [6.07, 6.45) is -4.62. The molecule has 1 N–H and O–H groups in total. The van der Waals surface area contributed by atoms with Gasteiger partial charge in [0, 0.05) is 18.8 Å². The van der Waals surface area contributed by atoms with Crippen LogP contribution in [0, 0.1) is 0 Å². The van der Waals surface area contributed by atoms with Crippen molar-refractivity contribution in [1.82, 2.24) is 4.90 Å². The molecule has 4 nitrogen and oxygen atoms in total. The number of ether oxygens (including phenoxy) is 1. The van der Waals surface area contributed by atoms with Crippen LogP contribution >= 0.6 is 0 Å². The molecule has 1 aliphatic rings. The second-order valence-corrected chi connectivity index (χ2v) is 5.17. The van der Waals surface area contributed by atoms with Crippen molar-refractivity contribution in [3.05, 3.63) is 29.8 Å². The van der Waals surface area contributed by atoms with Gasteiger partial charge in [-0.15, -0.1) is 0 Å². The lowest BCUT2D eigenvalue weighted by atomic mass is 10.2. The van der Waals surface area contributed by atoms with E-state index in [0.717, 1.165) is 12.1 Å².